The van der Waals surface area contributed by atoms with Gasteiger partial charge in [0, 0.05) is 13.1 Å². The topological polar surface area (TPSA) is 137 Å². The summed E-state index contributed by atoms with van der Waals surface area (Å²) in [6.07, 6.45) is -1.11. The van der Waals surface area contributed by atoms with E-state index in [9.17, 15) is 20.1 Å². The van der Waals surface area contributed by atoms with Gasteiger partial charge in [-0.2, -0.15) is 0 Å². The summed E-state index contributed by atoms with van der Waals surface area (Å²) >= 11 is 0. The fourth-order valence-corrected chi connectivity index (χ4v) is 3.38. The number of imidazole rings is 1. The highest BCUT2D eigenvalue weighted by molar-refractivity contribution is 5.74. The first-order valence-electron chi connectivity index (χ1n) is 7.95. The quantitative estimate of drug-likeness (QED) is 0.522. The van der Waals surface area contributed by atoms with Gasteiger partial charge in [0.25, 0.3) is 5.56 Å². The SMILES string of the molecule is O=c1[nH]cnc2c1nc(N1CCCC1)n2[C@@H]1O[C@@H](CO)[C@@H](O)[C@H]1O. The molecule has 4 atom stereocenters. The summed E-state index contributed by atoms with van der Waals surface area (Å²) in [5, 5.41) is 29.7. The second-order valence-electron chi connectivity index (χ2n) is 6.11. The molecule has 2 aromatic heterocycles. The average Bonchev–Trinajstić information content (AvgIpc) is 3.27. The molecule has 2 fully saturated rings. The highest BCUT2D eigenvalue weighted by Crippen LogP contribution is 2.35. The molecular weight excluding hydrogens is 318 g/mol. The molecule has 4 rings (SSSR count). The minimum Gasteiger partial charge on any atom is -0.394 e. The predicted octanol–water partition coefficient (Wildman–Crippen LogP) is -1.67. The Kier molecular flexibility index (Phi) is 3.76. The van der Waals surface area contributed by atoms with Gasteiger partial charge < -0.3 is 29.9 Å². The van der Waals surface area contributed by atoms with Crippen molar-refractivity contribution in [1.82, 2.24) is 19.5 Å². The fraction of sp³-hybridized carbons (Fsp3) is 0.643. The monoisotopic (exact) mass is 337 g/mol. The van der Waals surface area contributed by atoms with Gasteiger partial charge >= 0.3 is 0 Å². The molecular formula is C14H19N5O5. The van der Waals surface area contributed by atoms with E-state index in [4.69, 9.17) is 4.74 Å². The van der Waals surface area contributed by atoms with E-state index in [2.05, 4.69) is 15.0 Å². The molecule has 24 heavy (non-hydrogen) atoms. The van der Waals surface area contributed by atoms with E-state index in [1.165, 1.54) is 6.33 Å². The Balaban J connectivity index is 1.88. The molecule has 130 valence electrons. The number of nitrogens with zero attached hydrogens (tertiary/aromatic N) is 4. The number of anilines is 1. The van der Waals surface area contributed by atoms with Crippen LogP contribution in [0.15, 0.2) is 11.1 Å². The zero-order chi connectivity index (χ0) is 16.8. The molecule has 2 aliphatic heterocycles. The van der Waals surface area contributed by atoms with Gasteiger partial charge in [0.05, 0.1) is 12.9 Å². The van der Waals surface area contributed by atoms with Gasteiger partial charge in [0.2, 0.25) is 5.95 Å². The van der Waals surface area contributed by atoms with Gasteiger partial charge in [-0.3, -0.25) is 9.36 Å². The molecule has 4 heterocycles. The van der Waals surface area contributed by atoms with Crippen LogP contribution >= 0.6 is 0 Å². The largest absolute Gasteiger partial charge is 0.394 e. The number of aliphatic hydroxyl groups is 3. The van der Waals surface area contributed by atoms with Crippen molar-refractivity contribution in [3.05, 3.63) is 16.7 Å². The Morgan fingerprint density at radius 2 is 2.04 bits per heavy atom. The smallest absolute Gasteiger partial charge is 0.278 e. The van der Waals surface area contributed by atoms with E-state index in [0.717, 1.165) is 25.9 Å². The average molecular weight is 337 g/mol. The number of aromatic amines is 1. The standard InChI is InChI=1S/C14H19N5O5/c20-5-7-9(21)10(22)13(24-7)19-11-8(12(23)16-6-15-11)17-14(19)18-3-1-2-4-18/h6-7,9-10,13,20-22H,1-5H2,(H,15,16,23)/t7-,9+,10+,13+/m0/s1. The van der Waals surface area contributed by atoms with Crippen LogP contribution in [0.2, 0.25) is 0 Å². The molecule has 2 saturated heterocycles. The number of aliphatic hydroxyl groups excluding tert-OH is 3. The second kappa shape index (κ2) is 5.81. The van der Waals surface area contributed by atoms with Crippen LogP contribution in [0.25, 0.3) is 11.2 Å². The van der Waals surface area contributed by atoms with Crippen LogP contribution in [0.5, 0.6) is 0 Å². The van der Waals surface area contributed by atoms with Gasteiger partial charge in [-0.1, -0.05) is 0 Å². The van der Waals surface area contributed by atoms with E-state index in [1.807, 2.05) is 4.90 Å². The molecule has 0 bridgehead atoms. The summed E-state index contributed by atoms with van der Waals surface area (Å²) < 4.78 is 7.16. The predicted molar refractivity (Wildman–Crippen MR) is 82.6 cm³/mol. The zero-order valence-electron chi connectivity index (χ0n) is 12.9. The van der Waals surface area contributed by atoms with Crippen LogP contribution in [0.1, 0.15) is 19.1 Å². The lowest BCUT2D eigenvalue weighted by atomic mass is 10.1. The van der Waals surface area contributed by atoms with Crippen molar-refractivity contribution in [1.29, 1.82) is 0 Å². The van der Waals surface area contributed by atoms with Crippen molar-refractivity contribution in [3.8, 4) is 0 Å². The molecule has 0 spiro atoms. The van der Waals surface area contributed by atoms with Crippen LogP contribution in [0.3, 0.4) is 0 Å². The van der Waals surface area contributed by atoms with Crippen LogP contribution in [-0.2, 0) is 4.74 Å². The van der Waals surface area contributed by atoms with E-state index >= 15 is 0 Å². The Morgan fingerprint density at radius 1 is 1.29 bits per heavy atom. The first kappa shape index (κ1) is 15.5. The van der Waals surface area contributed by atoms with Crippen LogP contribution in [0, 0.1) is 0 Å². The Hall–Kier alpha value is -2.01. The van der Waals surface area contributed by atoms with Crippen LogP contribution in [-0.4, -0.2) is 72.8 Å². The summed E-state index contributed by atoms with van der Waals surface area (Å²) in [5.74, 6) is 0.474. The molecule has 0 aromatic carbocycles. The number of aromatic nitrogens is 4. The molecule has 0 amide bonds. The van der Waals surface area contributed by atoms with Crippen molar-refractivity contribution >= 4 is 17.1 Å². The van der Waals surface area contributed by atoms with Gasteiger partial charge in [-0.25, -0.2) is 9.97 Å². The maximum absolute atomic E-state index is 12.1. The van der Waals surface area contributed by atoms with Gasteiger partial charge in [0.15, 0.2) is 17.4 Å². The van der Waals surface area contributed by atoms with Crippen LogP contribution in [0.4, 0.5) is 5.95 Å². The van der Waals surface area contributed by atoms with E-state index < -0.39 is 31.1 Å². The summed E-state index contributed by atoms with van der Waals surface area (Å²) in [7, 11) is 0. The number of hydrogen-bond donors (Lipinski definition) is 4. The maximum Gasteiger partial charge on any atom is 0.278 e. The second-order valence-corrected chi connectivity index (χ2v) is 6.11. The van der Waals surface area contributed by atoms with Gasteiger partial charge in [0.1, 0.15) is 18.3 Å². The Bertz CT molecular complexity index is 798. The minimum atomic E-state index is -1.26. The lowest BCUT2D eigenvalue weighted by Gasteiger charge is -2.23. The van der Waals surface area contributed by atoms with Crippen molar-refractivity contribution in [2.75, 3.05) is 24.6 Å². The number of rotatable bonds is 3. The highest BCUT2D eigenvalue weighted by Gasteiger charge is 2.45. The van der Waals surface area contributed by atoms with Crippen molar-refractivity contribution in [2.24, 2.45) is 0 Å². The molecule has 0 radical (unpaired) electrons. The molecule has 2 aromatic rings. The highest BCUT2D eigenvalue weighted by atomic mass is 16.6. The normalized spacial score (nSPS) is 30.5. The minimum absolute atomic E-state index is 0.150. The number of hydrogen-bond acceptors (Lipinski definition) is 8. The van der Waals surface area contributed by atoms with Gasteiger partial charge in [-0.05, 0) is 12.8 Å². The molecule has 0 aliphatic carbocycles. The molecule has 4 N–H and O–H groups in total. The number of nitrogens with one attached hydrogen (secondary N) is 1. The van der Waals surface area contributed by atoms with Crippen molar-refractivity contribution in [2.45, 2.75) is 37.4 Å². The summed E-state index contributed by atoms with van der Waals surface area (Å²) in [6, 6.07) is 0. The lowest BCUT2D eigenvalue weighted by Crippen LogP contribution is -2.34. The summed E-state index contributed by atoms with van der Waals surface area (Å²) in [4.78, 5) is 25.1. The van der Waals surface area contributed by atoms with E-state index in [1.54, 1.807) is 4.57 Å². The number of fused-ring (bicyclic) bond motifs is 1. The molecule has 0 saturated carbocycles. The summed E-state index contributed by atoms with van der Waals surface area (Å²) in [5.41, 5.74) is 0.0403. The summed E-state index contributed by atoms with van der Waals surface area (Å²) in [6.45, 7) is 1.13. The number of H-pyrrole nitrogens is 1. The van der Waals surface area contributed by atoms with Crippen molar-refractivity contribution < 1.29 is 20.1 Å². The first-order chi connectivity index (χ1) is 11.6. The molecule has 0 unspecified atom stereocenters. The zero-order valence-corrected chi connectivity index (χ0v) is 12.9. The third kappa shape index (κ3) is 2.22. The van der Waals surface area contributed by atoms with Crippen molar-refractivity contribution in [3.63, 3.8) is 0 Å². The maximum atomic E-state index is 12.1. The number of ether oxygens (including phenoxy) is 1. The Morgan fingerprint density at radius 3 is 2.71 bits per heavy atom. The fourth-order valence-electron chi connectivity index (χ4n) is 3.38. The first-order valence-corrected chi connectivity index (χ1v) is 7.95. The lowest BCUT2D eigenvalue weighted by molar-refractivity contribution is -0.0504. The van der Waals surface area contributed by atoms with E-state index in [0.29, 0.717) is 5.95 Å². The van der Waals surface area contributed by atoms with Gasteiger partial charge in [-0.15, -0.1) is 0 Å². The van der Waals surface area contributed by atoms with Crippen LogP contribution < -0.4 is 10.5 Å². The van der Waals surface area contributed by atoms with E-state index in [-0.39, 0.29) is 16.7 Å². The Labute approximate surface area is 136 Å². The molecule has 10 nitrogen and oxygen atoms in total. The molecule has 2 aliphatic rings. The third-order valence-corrected chi connectivity index (χ3v) is 4.63. The molecule has 10 heteroatoms. The third-order valence-electron chi connectivity index (χ3n) is 4.63.